The fraction of sp³-hybridized carbons (Fsp3) is 0.0909. The lowest BCUT2D eigenvalue weighted by atomic mass is 10.0. The summed E-state index contributed by atoms with van der Waals surface area (Å²) >= 11 is 0. The number of benzene rings is 2. The third kappa shape index (κ3) is 7.04. The number of nitrogens with zero attached hydrogens (tertiary/aromatic N) is 2. The Morgan fingerprint density at radius 2 is 1.09 bits per heavy atom. The van der Waals surface area contributed by atoms with Gasteiger partial charge in [0.15, 0.2) is 23.1 Å². The molecule has 11 heteroatoms. The van der Waals surface area contributed by atoms with Crippen LogP contribution in [0.1, 0.15) is 45.7 Å². The Bertz CT molecular complexity index is 1230. The second-order valence-corrected chi connectivity index (χ2v) is 7.40. The van der Waals surface area contributed by atoms with E-state index in [1.807, 2.05) is 0 Å². The van der Waals surface area contributed by atoms with Gasteiger partial charge in [0.05, 0.1) is 21.1 Å². The third-order valence-corrected chi connectivity index (χ3v) is 4.26. The van der Waals surface area contributed by atoms with E-state index >= 15 is 0 Å². The second-order valence-electron chi connectivity index (χ2n) is 6.58. The number of carbonyl (C=O) groups is 2. The van der Waals surface area contributed by atoms with Crippen LogP contribution in [0, 0.1) is 0 Å². The normalized spacial score (nSPS) is 12.5. The first-order valence-corrected chi connectivity index (χ1v) is 10.6. The summed E-state index contributed by atoms with van der Waals surface area (Å²) in [5.74, 6) is 0.155. The molecule has 0 saturated heterocycles. The number of allylic oxidation sites excluding steroid dienone is 2. The maximum atomic E-state index is 11.3. The van der Waals surface area contributed by atoms with Crippen LogP contribution in [-0.4, -0.2) is 51.7 Å². The van der Waals surface area contributed by atoms with Gasteiger partial charge in [0.1, 0.15) is 0 Å². The number of aromatic hydroxyl groups is 2. The maximum absolute atomic E-state index is 11.3. The zero-order valence-electron chi connectivity index (χ0n) is 17.4. The summed E-state index contributed by atoms with van der Waals surface area (Å²) in [7, 11) is -5.17. The van der Waals surface area contributed by atoms with Crippen LogP contribution in [-0.2, 0) is 10.4 Å². The lowest BCUT2D eigenvalue weighted by molar-refractivity contribution is 0.100. The number of carbonyl (C=O) groups excluding carboxylic acids is 2. The van der Waals surface area contributed by atoms with E-state index in [4.69, 9.17) is 17.5 Å². The smallest absolute Gasteiger partial charge is 0.326 e. The number of ketones is 2. The molecule has 2 heterocycles. The molecule has 2 aliphatic heterocycles. The molecule has 0 saturated carbocycles. The molecule has 2 aliphatic rings. The SMILES string of the molecule is CC(=O)c1ccc(O)c2c1C=CC=[N+]2.CC(=O)c1ccc(O)c2c1C=CC=[N+]2.O=S(=O)([O-])[O-]. The average molecular weight is 470 g/mol. The Balaban J connectivity index is 0.000000195. The molecule has 0 atom stereocenters. The van der Waals surface area contributed by atoms with Gasteiger partial charge in [0.2, 0.25) is 12.4 Å². The molecule has 2 aromatic carbocycles. The molecule has 2 radical (unpaired) electrons. The molecule has 4 rings (SSSR count). The van der Waals surface area contributed by atoms with Crippen molar-refractivity contribution in [2.45, 2.75) is 13.8 Å². The number of rotatable bonds is 2. The van der Waals surface area contributed by atoms with Crippen molar-refractivity contribution in [3.8, 4) is 11.5 Å². The molecule has 0 unspecified atom stereocenters. The van der Waals surface area contributed by atoms with E-state index in [2.05, 4.69) is 9.98 Å². The summed E-state index contributed by atoms with van der Waals surface area (Å²) < 4.78 is 34.1. The van der Waals surface area contributed by atoms with Gasteiger partial charge in [-0.15, -0.1) is 0 Å². The molecular weight excluding hydrogens is 452 g/mol. The van der Waals surface area contributed by atoms with E-state index in [1.165, 1.54) is 26.0 Å². The third-order valence-electron chi connectivity index (χ3n) is 4.26. The van der Waals surface area contributed by atoms with Gasteiger partial charge >= 0.3 is 11.4 Å². The molecule has 0 amide bonds. The molecule has 0 aromatic heterocycles. The van der Waals surface area contributed by atoms with Crippen molar-refractivity contribution in [2.24, 2.45) is 0 Å². The maximum Gasteiger partial charge on any atom is 0.326 e. The number of Topliss-reactive ketones (excluding diaryl/α,β-unsaturated/α-hetero) is 2. The van der Waals surface area contributed by atoms with Gasteiger partial charge in [-0.3, -0.25) is 18.0 Å². The van der Waals surface area contributed by atoms with Crippen LogP contribution < -0.4 is 9.98 Å². The summed E-state index contributed by atoms with van der Waals surface area (Å²) in [5.41, 5.74) is 3.51. The van der Waals surface area contributed by atoms with Crippen molar-refractivity contribution in [1.82, 2.24) is 9.98 Å². The highest BCUT2D eigenvalue weighted by molar-refractivity contribution is 7.79. The van der Waals surface area contributed by atoms with Crippen molar-refractivity contribution in [1.29, 1.82) is 0 Å². The van der Waals surface area contributed by atoms with Crippen molar-refractivity contribution in [3.05, 3.63) is 58.7 Å². The van der Waals surface area contributed by atoms with Crippen molar-refractivity contribution < 1.29 is 37.3 Å². The Kier molecular flexibility index (Phi) is 8.13. The Labute approximate surface area is 189 Å². The minimum absolute atomic E-state index is 0.0250. The molecule has 170 valence electrons. The minimum atomic E-state index is -5.17. The van der Waals surface area contributed by atoms with Gasteiger partial charge < -0.3 is 19.3 Å². The highest BCUT2D eigenvalue weighted by Gasteiger charge is 2.23. The highest BCUT2D eigenvalue weighted by atomic mass is 32.3. The fourth-order valence-electron chi connectivity index (χ4n) is 2.93. The summed E-state index contributed by atoms with van der Waals surface area (Å²) in [6.07, 6.45) is 10.2. The summed E-state index contributed by atoms with van der Waals surface area (Å²) in [4.78, 5) is 30.6. The first-order chi connectivity index (χ1) is 15.4. The van der Waals surface area contributed by atoms with Crippen LogP contribution in [0.15, 0.2) is 36.4 Å². The van der Waals surface area contributed by atoms with Crippen LogP contribution in [0.5, 0.6) is 11.5 Å². The Hall–Kier alpha value is -3.93. The summed E-state index contributed by atoms with van der Waals surface area (Å²) in [6.45, 7) is 3.00. The largest absolute Gasteiger partial charge is 0.759 e. The highest BCUT2D eigenvalue weighted by Crippen LogP contribution is 2.32. The number of phenolic OH excluding ortho intramolecular Hbond substituents is 2. The number of hydrogen-bond acceptors (Lipinski definition) is 10. The van der Waals surface area contributed by atoms with E-state index in [1.54, 1.807) is 48.9 Å². The number of fused-ring (bicyclic) bond motifs is 2. The molecule has 0 fully saturated rings. The zero-order valence-corrected chi connectivity index (χ0v) is 18.2. The van der Waals surface area contributed by atoms with Crippen molar-refractivity contribution in [2.75, 3.05) is 0 Å². The number of hydrogen-bond donors (Lipinski definition) is 2. The van der Waals surface area contributed by atoms with Gasteiger partial charge in [0, 0.05) is 33.7 Å². The molecule has 33 heavy (non-hydrogen) atoms. The number of phenols is 2. The topological polar surface area (TPSA) is 183 Å². The van der Waals surface area contributed by atoms with E-state index < -0.39 is 10.4 Å². The van der Waals surface area contributed by atoms with Crippen LogP contribution in [0.4, 0.5) is 11.4 Å². The fourth-order valence-corrected chi connectivity index (χ4v) is 2.93. The molecular formula is C22H18N2O8S. The van der Waals surface area contributed by atoms with E-state index in [0.717, 1.165) is 0 Å². The average Bonchev–Trinajstić information content (AvgIpc) is 2.73. The van der Waals surface area contributed by atoms with E-state index in [0.29, 0.717) is 33.6 Å². The minimum Gasteiger partial charge on any atom is -0.759 e. The summed E-state index contributed by atoms with van der Waals surface area (Å²) in [5, 5.41) is 19.0. The van der Waals surface area contributed by atoms with Crippen LogP contribution in [0.2, 0.25) is 0 Å². The van der Waals surface area contributed by atoms with Gasteiger partial charge in [-0.2, -0.15) is 0 Å². The summed E-state index contributed by atoms with van der Waals surface area (Å²) in [6, 6.07) is 6.21. The monoisotopic (exact) mass is 470 g/mol. The van der Waals surface area contributed by atoms with Crippen molar-refractivity contribution >= 4 is 57.9 Å². The van der Waals surface area contributed by atoms with Crippen molar-refractivity contribution in [3.63, 3.8) is 0 Å². The van der Waals surface area contributed by atoms with Gasteiger partial charge in [-0.25, -0.2) is 0 Å². The van der Waals surface area contributed by atoms with Crippen LogP contribution in [0.25, 0.3) is 12.2 Å². The lowest BCUT2D eigenvalue weighted by Gasteiger charge is -2.06. The van der Waals surface area contributed by atoms with Crippen LogP contribution >= 0.6 is 0 Å². The van der Waals surface area contributed by atoms with Gasteiger partial charge in [0.25, 0.3) is 0 Å². The lowest BCUT2D eigenvalue weighted by Crippen LogP contribution is -2.01. The predicted octanol–water partition coefficient (Wildman–Crippen LogP) is 1.98. The Morgan fingerprint density at radius 3 is 1.39 bits per heavy atom. The standard InChI is InChI=1S/2C11H9NO2.H2O4S/c2*1-7(13)8-4-5-10(14)11-9(8)3-2-6-12-11;1-5(2,3)4/h2*2-6,14H,1H3;(H2,1,2,3,4)/q2*+1;/p-2. The van der Waals surface area contributed by atoms with E-state index in [9.17, 15) is 19.8 Å². The molecule has 2 aromatic rings. The molecule has 0 aliphatic carbocycles. The molecule has 0 spiro atoms. The van der Waals surface area contributed by atoms with E-state index in [-0.39, 0.29) is 23.1 Å². The molecule has 2 N–H and O–H groups in total. The predicted molar refractivity (Wildman–Crippen MR) is 120 cm³/mol. The first kappa shape index (κ1) is 25.3. The zero-order chi connectivity index (χ0) is 24.8. The number of aliphatic imine (C=N–C) groups is 2. The van der Waals surface area contributed by atoms with Crippen LogP contribution in [0.3, 0.4) is 0 Å². The molecule has 0 bridgehead atoms. The molecule has 10 nitrogen and oxygen atoms in total. The van der Waals surface area contributed by atoms with Gasteiger partial charge in [-0.1, -0.05) is 0 Å². The van der Waals surface area contributed by atoms with Gasteiger partial charge in [-0.05, 0) is 50.3 Å². The quantitative estimate of drug-likeness (QED) is 0.379. The first-order valence-electron chi connectivity index (χ1n) is 9.22. The Morgan fingerprint density at radius 1 is 0.758 bits per heavy atom. The second kappa shape index (κ2) is 10.6.